The second kappa shape index (κ2) is 12.8. The van der Waals surface area contributed by atoms with E-state index in [4.69, 9.17) is 21.3 Å². The number of carbonyl (C=O) groups excluding carboxylic acids is 2. The predicted molar refractivity (Wildman–Crippen MR) is 180 cm³/mol. The summed E-state index contributed by atoms with van der Waals surface area (Å²) >= 11 is 6.21. The number of likely N-dealkylation sites (tertiary alicyclic amines) is 1. The predicted octanol–water partition coefficient (Wildman–Crippen LogP) is 4.20. The van der Waals surface area contributed by atoms with Crippen LogP contribution in [0.2, 0.25) is 18.1 Å². The summed E-state index contributed by atoms with van der Waals surface area (Å²) in [6, 6.07) is 19.9. The van der Waals surface area contributed by atoms with Gasteiger partial charge in [0.2, 0.25) is 14.2 Å². The van der Waals surface area contributed by atoms with E-state index in [1.807, 2.05) is 84.1 Å². The molecule has 12 heteroatoms. The molecule has 0 radical (unpaired) electrons. The van der Waals surface area contributed by atoms with Crippen LogP contribution >= 0.6 is 11.6 Å². The Morgan fingerprint density at radius 1 is 1.07 bits per heavy atom. The lowest BCUT2D eigenvalue weighted by Crippen LogP contribution is -2.41. The number of nitrogens with zero attached hydrogens (tertiary/aromatic N) is 5. The number of aromatic nitrogens is 3. The lowest BCUT2D eigenvalue weighted by molar-refractivity contribution is -0.121. The number of aryl methyl sites for hydroxylation is 1. The molecule has 2 N–H and O–H groups in total. The molecule has 2 unspecified atom stereocenters. The largest absolute Gasteiger partial charge is 0.497 e. The zero-order valence-electron chi connectivity index (χ0n) is 26.3. The minimum atomic E-state index is -2.43. The average molecular weight is 657 g/mol. The lowest BCUT2D eigenvalue weighted by atomic mass is 10.00. The van der Waals surface area contributed by atoms with E-state index >= 15 is 0 Å². The minimum Gasteiger partial charge on any atom is -0.497 e. The lowest BCUT2D eigenvalue weighted by Gasteiger charge is -2.19. The molecule has 0 saturated carbocycles. The number of benzene rings is 3. The molecule has 2 aliphatic rings. The van der Waals surface area contributed by atoms with Crippen molar-refractivity contribution < 1.29 is 19.1 Å². The highest BCUT2D eigenvalue weighted by Gasteiger charge is 2.32. The molecular weight excluding hydrogens is 620 g/mol. The maximum absolute atomic E-state index is 13.4. The number of methoxy groups -OCH3 is 1. The van der Waals surface area contributed by atoms with Gasteiger partial charge < -0.3 is 19.7 Å². The molecule has 0 spiro atoms. The van der Waals surface area contributed by atoms with Gasteiger partial charge in [0.15, 0.2) is 5.82 Å². The van der Waals surface area contributed by atoms with Crippen LogP contribution in [-0.2, 0) is 4.79 Å². The molecular formula is C34H37ClN6O4Si. The fourth-order valence-electron chi connectivity index (χ4n) is 6.07. The molecule has 0 aliphatic carbocycles. The summed E-state index contributed by atoms with van der Waals surface area (Å²) in [5, 5.41) is 13.4. The van der Waals surface area contributed by atoms with Crippen molar-refractivity contribution in [1.29, 1.82) is 0 Å². The topological polar surface area (TPSA) is 122 Å². The molecule has 3 aromatic carbocycles. The van der Waals surface area contributed by atoms with Gasteiger partial charge in [-0.3, -0.25) is 19.1 Å². The number of halogens is 1. The fraction of sp³-hybridized carbons (Fsp3) is 0.324. The van der Waals surface area contributed by atoms with Crippen LogP contribution in [0, 0.1) is 12.8 Å². The summed E-state index contributed by atoms with van der Waals surface area (Å²) < 4.78 is 7.50. The Bertz CT molecular complexity index is 1800. The molecule has 4 aromatic rings. The van der Waals surface area contributed by atoms with Crippen molar-refractivity contribution in [2.45, 2.75) is 38.9 Å². The summed E-state index contributed by atoms with van der Waals surface area (Å²) in [4.78, 5) is 43.9. The van der Waals surface area contributed by atoms with Crippen LogP contribution in [0.15, 0.2) is 71.7 Å². The van der Waals surface area contributed by atoms with Crippen molar-refractivity contribution in [3.05, 3.63) is 100 Å². The molecule has 1 aromatic heterocycles. The monoisotopic (exact) mass is 656 g/mol. The SMILES string of the molecule is COc1ccc2c(c1)C(c1ccc(Cl)cc1)=NC(CC(=O)NCC1CCN(C(=O)c3ccc([Si](C)(C)O)cc3)C1)c1nnc(C)n1-2. The van der Waals surface area contributed by atoms with Crippen LogP contribution in [0.3, 0.4) is 0 Å². The molecule has 2 atom stereocenters. The number of nitrogens with one attached hydrogen (secondary N) is 1. The van der Waals surface area contributed by atoms with Gasteiger partial charge in [-0.05, 0) is 80.0 Å². The molecule has 2 aliphatic heterocycles. The Morgan fingerprint density at radius 3 is 2.50 bits per heavy atom. The molecule has 2 amide bonds. The van der Waals surface area contributed by atoms with Crippen molar-refractivity contribution in [2.24, 2.45) is 10.9 Å². The normalized spacial score (nSPS) is 17.5. The van der Waals surface area contributed by atoms with E-state index in [0.717, 1.165) is 28.4 Å². The summed E-state index contributed by atoms with van der Waals surface area (Å²) in [5.41, 5.74) is 3.85. The Morgan fingerprint density at radius 2 is 1.80 bits per heavy atom. The molecule has 3 heterocycles. The Labute approximate surface area is 274 Å². The zero-order chi connectivity index (χ0) is 32.6. The third kappa shape index (κ3) is 6.48. The van der Waals surface area contributed by atoms with Crippen molar-refractivity contribution >= 4 is 42.6 Å². The fourth-order valence-corrected chi connectivity index (χ4v) is 7.18. The first-order chi connectivity index (χ1) is 22.0. The quantitative estimate of drug-likeness (QED) is 0.274. The summed E-state index contributed by atoms with van der Waals surface area (Å²) in [7, 11) is -0.806. The maximum Gasteiger partial charge on any atom is 0.253 e. The van der Waals surface area contributed by atoms with Crippen molar-refractivity contribution in [3.8, 4) is 11.4 Å². The van der Waals surface area contributed by atoms with Crippen molar-refractivity contribution in [1.82, 2.24) is 25.0 Å². The standard InChI is InChI=1S/C34H37ClN6O4Si/c1-21-38-39-33-29(37-32(23-5-9-25(35)10-6-23)28-17-26(45-2)11-14-30(28)41(21)33)18-31(42)36-19-22-15-16-40(20-22)34(43)24-7-12-27(13-8-24)46(3,4)44/h5-14,17,22,29,44H,15-16,18-20H2,1-4H3,(H,36,42). The van der Waals surface area contributed by atoms with Crippen molar-refractivity contribution in [3.63, 3.8) is 0 Å². The van der Waals surface area contributed by atoms with Gasteiger partial charge in [-0.25, -0.2) is 0 Å². The second-order valence-electron chi connectivity index (χ2n) is 12.4. The van der Waals surface area contributed by atoms with Crippen LogP contribution in [-0.4, -0.2) is 77.0 Å². The number of ether oxygens (including phenoxy) is 1. The molecule has 46 heavy (non-hydrogen) atoms. The zero-order valence-corrected chi connectivity index (χ0v) is 28.1. The van der Waals surface area contributed by atoms with Crippen LogP contribution < -0.4 is 15.2 Å². The summed E-state index contributed by atoms with van der Waals surface area (Å²) in [6.07, 6.45) is 0.875. The first-order valence-corrected chi connectivity index (χ1v) is 18.7. The van der Waals surface area contributed by atoms with Gasteiger partial charge >= 0.3 is 0 Å². The van der Waals surface area contributed by atoms with Crippen LogP contribution in [0.4, 0.5) is 0 Å². The van der Waals surface area contributed by atoms with Gasteiger partial charge in [-0.2, -0.15) is 0 Å². The first-order valence-electron chi connectivity index (χ1n) is 15.3. The van der Waals surface area contributed by atoms with Crippen LogP contribution in [0.5, 0.6) is 5.75 Å². The number of carbonyl (C=O) groups is 2. The summed E-state index contributed by atoms with van der Waals surface area (Å²) in [6.45, 7) is 7.23. The smallest absolute Gasteiger partial charge is 0.253 e. The highest BCUT2D eigenvalue weighted by molar-refractivity contribution is 6.83. The van der Waals surface area contributed by atoms with Gasteiger partial charge in [0.1, 0.15) is 17.6 Å². The molecule has 0 bridgehead atoms. The van der Waals surface area contributed by atoms with E-state index < -0.39 is 14.4 Å². The number of rotatable bonds is 8. The molecule has 238 valence electrons. The Balaban J connectivity index is 1.18. The van der Waals surface area contributed by atoms with E-state index in [1.54, 1.807) is 19.2 Å². The Hall–Kier alpha value is -4.32. The van der Waals surface area contributed by atoms with Crippen LogP contribution in [0.25, 0.3) is 5.69 Å². The summed E-state index contributed by atoms with van der Waals surface area (Å²) in [5.74, 6) is 1.90. The van der Waals surface area contributed by atoms with Gasteiger partial charge in [-0.1, -0.05) is 35.9 Å². The van der Waals surface area contributed by atoms with Gasteiger partial charge in [0.05, 0.1) is 24.9 Å². The highest BCUT2D eigenvalue weighted by Crippen LogP contribution is 2.34. The van der Waals surface area contributed by atoms with Crippen molar-refractivity contribution in [2.75, 3.05) is 26.7 Å². The molecule has 6 rings (SSSR count). The minimum absolute atomic E-state index is 0.0359. The third-order valence-electron chi connectivity index (χ3n) is 8.63. The van der Waals surface area contributed by atoms with Gasteiger partial charge in [-0.15, -0.1) is 10.2 Å². The third-order valence-corrected chi connectivity index (χ3v) is 10.6. The number of amides is 2. The molecule has 1 fully saturated rings. The van der Waals surface area contributed by atoms with E-state index in [9.17, 15) is 14.4 Å². The Kier molecular flexibility index (Phi) is 8.82. The van der Waals surface area contributed by atoms with E-state index in [2.05, 4.69) is 15.5 Å². The first kappa shape index (κ1) is 31.7. The molecule has 1 saturated heterocycles. The number of hydrogen-bond donors (Lipinski definition) is 2. The number of hydrogen-bond acceptors (Lipinski definition) is 7. The average Bonchev–Trinajstić information content (AvgIpc) is 3.65. The number of aliphatic imine (C=N–C) groups is 1. The van der Waals surface area contributed by atoms with Gasteiger partial charge in [0, 0.05) is 41.3 Å². The second-order valence-corrected chi connectivity index (χ2v) is 16.5. The van der Waals surface area contributed by atoms with Gasteiger partial charge in [0.25, 0.3) is 5.91 Å². The van der Waals surface area contributed by atoms with E-state index in [-0.39, 0.29) is 24.2 Å². The highest BCUT2D eigenvalue weighted by atomic mass is 35.5. The van der Waals surface area contributed by atoms with E-state index in [1.165, 1.54) is 0 Å². The maximum atomic E-state index is 13.4. The number of fused-ring (bicyclic) bond motifs is 3. The van der Waals surface area contributed by atoms with E-state index in [0.29, 0.717) is 53.3 Å². The molecule has 10 nitrogen and oxygen atoms in total. The van der Waals surface area contributed by atoms with Crippen LogP contribution in [0.1, 0.15) is 52.0 Å².